The van der Waals surface area contributed by atoms with E-state index in [2.05, 4.69) is 15.9 Å². The molecule has 0 amide bonds. The SMILES string of the molecule is O=C(Oc1cccc(Br)c1)c1ccc([N+](=O)[O-])cc1. The summed E-state index contributed by atoms with van der Waals surface area (Å²) in [5, 5.41) is 10.5. The Labute approximate surface area is 117 Å². The Kier molecular flexibility index (Phi) is 3.91. The number of nitrogens with zero attached hydrogens (tertiary/aromatic N) is 1. The molecule has 2 aromatic rings. The quantitative estimate of drug-likeness (QED) is 0.375. The van der Waals surface area contributed by atoms with Crippen LogP contribution in [0.4, 0.5) is 5.69 Å². The second-order valence-electron chi connectivity index (χ2n) is 3.65. The van der Waals surface area contributed by atoms with E-state index in [9.17, 15) is 14.9 Å². The third-order valence-electron chi connectivity index (χ3n) is 2.32. The summed E-state index contributed by atoms with van der Waals surface area (Å²) < 4.78 is 5.94. The molecule has 2 rings (SSSR count). The van der Waals surface area contributed by atoms with Gasteiger partial charge in [0.25, 0.3) is 5.69 Å². The minimum absolute atomic E-state index is 0.0704. The van der Waals surface area contributed by atoms with Crippen molar-refractivity contribution in [2.45, 2.75) is 0 Å². The number of nitro benzene ring substituents is 1. The normalized spacial score (nSPS) is 9.95. The summed E-state index contributed by atoms with van der Waals surface area (Å²) >= 11 is 3.27. The maximum absolute atomic E-state index is 11.8. The van der Waals surface area contributed by atoms with Crippen LogP contribution in [0.5, 0.6) is 5.75 Å². The van der Waals surface area contributed by atoms with Crippen molar-refractivity contribution in [1.82, 2.24) is 0 Å². The van der Waals surface area contributed by atoms with Gasteiger partial charge in [0.2, 0.25) is 0 Å². The lowest BCUT2D eigenvalue weighted by Crippen LogP contribution is -2.08. The zero-order valence-electron chi connectivity index (χ0n) is 9.58. The van der Waals surface area contributed by atoms with Gasteiger partial charge in [-0.05, 0) is 30.3 Å². The molecule has 0 saturated carbocycles. The fraction of sp³-hybridized carbons (Fsp3) is 0. The predicted octanol–water partition coefficient (Wildman–Crippen LogP) is 3.58. The molecule has 0 N–H and O–H groups in total. The monoisotopic (exact) mass is 321 g/mol. The van der Waals surface area contributed by atoms with E-state index < -0.39 is 10.9 Å². The third kappa shape index (κ3) is 3.38. The highest BCUT2D eigenvalue weighted by molar-refractivity contribution is 9.10. The number of hydrogen-bond acceptors (Lipinski definition) is 4. The lowest BCUT2D eigenvalue weighted by atomic mass is 10.2. The molecule has 0 aromatic heterocycles. The van der Waals surface area contributed by atoms with Gasteiger partial charge in [0.1, 0.15) is 5.75 Å². The first-order valence-electron chi connectivity index (χ1n) is 5.28. The number of benzene rings is 2. The first kappa shape index (κ1) is 13.2. The van der Waals surface area contributed by atoms with Crippen molar-refractivity contribution in [1.29, 1.82) is 0 Å². The number of carbonyl (C=O) groups is 1. The van der Waals surface area contributed by atoms with Crippen molar-refractivity contribution in [3.8, 4) is 5.75 Å². The van der Waals surface area contributed by atoms with Crippen molar-refractivity contribution in [2.24, 2.45) is 0 Å². The number of carbonyl (C=O) groups excluding carboxylic acids is 1. The Morgan fingerprint density at radius 2 is 1.84 bits per heavy atom. The molecule has 0 spiro atoms. The van der Waals surface area contributed by atoms with Gasteiger partial charge in [-0.15, -0.1) is 0 Å². The number of esters is 1. The van der Waals surface area contributed by atoms with Gasteiger partial charge in [-0.1, -0.05) is 22.0 Å². The lowest BCUT2D eigenvalue weighted by molar-refractivity contribution is -0.384. The van der Waals surface area contributed by atoms with Crippen LogP contribution in [-0.4, -0.2) is 10.9 Å². The molecular weight excluding hydrogens is 314 g/mol. The molecule has 6 heteroatoms. The van der Waals surface area contributed by atoms with E-state index in [0.29, 0.717) is 5.75 Å². The number of hydrogen-bond donors (Lipinski definition) is 0. The number of non-ortho nitro benzene ring substituents is 1. The molecule has 0 aliphatic rings. The van der Waals surface area contributed by atoms with E-state index in [1.807, 2.05) is 6.07 Å². The van der Waals surface area contributed by atoms with Crippen LogP contribution in [-0.2, 0) is 0 Å². The molecule has 0 heterocycles. The molecule has 0 saturated heterocycles. The van der Waals surface area contributed by atoms with Crippen LogP contribution in [0.15, 0.2) is 53.0 Å². The van der Waals surface area contributed by atoms with Crippen molar-refractivity contribution >= 4 is 27.6 Å². The molecule has 96 valence electrons. The van der Waals surface area contributed by atoms with E-state index in [0.717, 1.165) is 4.47 Å². The average Bonchev–Trinajstić information content (AvgIpc) is 2.39. The van der Waals surface area contributed by atoms with E-state index >= 15 is 0 Å². The summed E-state index contributed by atoms with van der Waals surface area (Å²) in [5.41, 5.74) is 0.185. The molecule has 2 aromatic carbocycles. The van der Waals surface area contributed by atoms with Crippen LogP contribution < -0.4 is 4.74 Å². The molecule has 0 radical (unpaired) electrons. The molecular formula is C13H8BrNO4. The number of ether oxygens (including phenoxy) is 1. The van der Waals surface area contributed by atoms with Crippen molar-refractivity contribution in [2.75, 3.05) is 0 Å². The topological polar surface area (TPSA) is 69.4 Å². The first-order chi connectivity index (χ1) is 9.06. The summed E-state index contributed by atoms with van der Waals surface area (Å²) in [6.07, 6.45) is 0. The van der Waals surface area contributed by atoms with Gasteiger partial charge in [0.05, 0.1) is 10.5 Å². The van der Waals surface area contributed by atoms with Crippen molar-refractivity contribution in [3.63, 3.8) is 0 Å². The Bertz CT molecular complexity index is 625. The molecule has 5 nitrogen and oxygen atoms in total. The maximum atomic E-state index is 11.8. The number of rotatable bonds is 3. The van der Waals surface area contributed by atoms with Gasteiger partial charge < -0.3 is 4.74 Å². The molecule has 0 aliphatic heterocycles. The number of halogens is 1. The standard InChI is InChI=1S/C13H8BrNO4/c14-10-2-1-3-12(8-10)19-13(16)9-4-6-11(7-5-9)15(17)18/h1-8H. The summed E-state index contributed by atoms with van der Waals surface area (Å²) in [5.74, 6) is -0.161. The highest BCUT2D eigenvalue weighted by Crippen LogP contribution is 2.19. The second-order valence-corrected chi connectivity index (χ2v) is 4.57. The van der Waals surface area contributed by atoms with Crippen LogP contribution in [0.3, 0.4) is 0 Å². The third-order valence-corrected chi connectivity index (χ3v) is 2.81. The summed E-state index contributed by atoms with van der Waals surface area (Å²) in [7, 11) is 0. The van der Waals surface area contributed by atoms with Crippen molar-refractivity contribution < 1.29 is 14.5 Å². The Hall–Kier alpha value is -2.21. The largest absolute Gasteiger partial charge is 0.423 e. The fourth-order valence-electron chi connectivity index (χ4n) is 1.42. The molecule has 0 bridgehead atoms. The first-order valence-corrected chi connectivity index (χ1v) is 6.08. The van der Waals surface area contributed by atoms with Crippen LogP contribution in [0, 0.1) is 10.1 Å². The molecule has 0 unspecified atom stereocenters. The summed E-state index contributed by atoms with van der Waals surface area (Å²) in [4.78, 5) is 21.8. The zero-order valence-corrected chi connectivity index (χ0v) is 11.2. The van der Waals surface area contributed by atoms with Crippen LogP contribution in [0.25, 0.3) is 0 Å². The Balaban J connectivity index is 2.14. The van der Waals surface area contributed by atoms with Crippen LogP contribution >= 0.6 is 15.9 Å². The second kappa shape index (κ2) is 5.62. The molecule has 19 heavy (non-hydrogen) atoms. The van der Waals surface area contributed by atoms with Gasteiger partial charge >= 0.3 is 5.97 Å². The minimum atomic E-state index is -0.562. The fourth-order valence-corrected chi connectivity index (χ4v) is 1.79. The zero-order chi connectivity index (χ0) is 13.8. The van der Waals surface area contributed by atoms with Gasteiger partial charge in [-0.25, -0.2) is 4.79 Å². The van der Waals surface area contributed by atoms with Crippen molar-refractivity contribution in [3.05, 3.63) is 68.7 Å². The highest BCUT2D eigenvalue weighted by Gasteiger charge is 2.11. The predicted molar refractivity (Wildman–Crippen MR) is 72.2 cm³/mol. The maximum Gasteiger partial charge on any atom is 0.343 e. The van der Waals surface area contributed by atoms with Crippen LogP contribution in [0.1, 0.15) is 10.4 Å². The lowest BCUT2D eigenvalue weighted by Gasteiger charge is -2.04. The summed E-state index contributed by atoms with van der Waals surface area (Å²) in [6.45, 7) is 0. The van der Waals surface area contributed by atoms with Gasteiger partial charge in [0.15, 0.2) is 0 Å². The Morgan fingerprint density at radius 1 is 1.16 bits per heavy atom. The highest BCUT2D eigenvalue weighted by atomic mass is 79.9. The average molecular weight is 322 g/mol. The van der Waals surface area contributed by atoms with E-state index in [1.165, 1.54) is 24.3 Å². The number of nitro groups is 1. The molecule has 0 aliphatic carbocycles. The van der Waals surface area contributed by atoms with Gasteiger partial charge in [-0.2, -0.15) is 0 Å². The minimum Gasteiger partial charge on any atom is -0.423 e. The van der Waals surface area contributed by atoms with E-state index in [4.69, 9.17) is 4.74 Å². The van der Waals surface area contributed by atoms with Gasteiger partial charge in [0, 0.05) is 16.6 Å². The molecule has 0 fully saturated rings. The van der Waals surface area contributed by atoms with Crippen LogP contribution in [0.2, 0.25) is 0 Å². The van der Waals surface area contributed by atoms with E-state index in [1.54, 1.807) is 18.2 Å². The van der Waals surface area contributed by atoms with Gasteiger partial charge in [-0.3, -0.25) is 10.1 Å². The van der Waals surface area contributed by atoms with E-state index in [-0.39, 0.29) is 11.3 Å². The molecule has 0 atom stereocenters. The smallest absolute Gasteiger partial charge is 0.343 e. The Morgan fingerprint density at radius 3 is 2.42 bits per heavy atom. The summed E-state index contributed by atoms with van der Waals surface area (Å²) in [6, 6.07) is 12.1.